The van der Waals surface area contributed by atoms with Crippen molar-refractivity contribution in [2.45, 2.75) is 19.5 Å². The van der Waals surface area contributed by atoms with Gasteiger partial charge in [-0.05, 0) is 60.5 Å². The van der Waals surface area contributed by atoms with Crippen molar-refractivity contribution in [3.05, 3.63) is 93.8 Å². The first kappa shape index (κ1) is 26.0. The number of benzene rings is 3. The number of ether oxygens (including phenoxy) is 3. The number of ketones is 1. The summed E-state index contributed by atoms with van der Waals surface area (Å²) in [7, 11) is 2.94. The lowest BCUT2D eigenvalue weighted by Gasteiger charge is -2.26. The van der Waals surface area contributed by atoms with E-state index in [1.54, 1.807) is 18.2 Å². The minimum atomic E-state index is -0.961. The average Bonchev–Trinajstić information content (AvgIpc) is 3.15. The number of nitrogens with zero attached hydrogens (tertiary/aromatic N) is 1. The van der Waals surface area contributed by atoms with Gasteiger partial charge in [-0.25, -0.2) is 4.39 Å². The third-order valence-corrected chi connectivity index (χ3v) is 6.35. The van der Waals surface area contributed by atoms with Gasteiger partial charge in [0.15, 0.2) is 11.5 Å². The van der Waals surface area contributed by atoms with Crippen LogP contribution in [0.1, 0.15) is 29.7 Å². The predicted octanol–water partition coefficient (Wildman–Crippen LogP) is 5.52. The van der Waals surface area contributed by atoms with Crippen LogP contribution in [0.4, 0.5) is 4.39 Å². The number of methoxy groups -OCH3 is 2. The molecular formula is C28H25ClFNO6. The van der Waals surface area contributed by atoms with E-state index in [-0.39, 0.29) is 23.4 Å². The second-order valence-electron chi connectivity index (χ2n) is 8.25. The third-order valence-electron chi connectivity index (χ3n) is 6.03. The van der Waals surface area contributed by atoms with Crippen LogP contribution in [0.5, 0.6) is 17.2 Å². The number of hydrogen-bond acceptors (Lipinski definition) is 6. The molecule has 0 saturated carbocycles. The second kappa shape index (κ2) is 10.9. The number of carbonyl (C=O) groups is 2. The van der Waals surface area contributed by atoms with Crippen LogP contribution in [0.3, 0.4) is 0 Å². The number of rotatable bonds is 8. The highest BCUT2D eigenvalue weighted by molar-refractivity contribution is 6.46. The minimum absolute atomic E-state index is 0.00619. The van der Waals surface area contributed by atoms with Crippen molar-refractivity contribution in [2.75, 3.05) is 20.8 Å². The molecule has 1 heterocycles. The smallest absolute Gasteiger partial charge is 0.295 e. The molecule has 1 aliphatic rings. The molecule has 7 nitrogen and oxygen atoms in total. The number of aliphatic hydroxyl groups is 1. The van der Waals surface area contributed by atoms with Gasteiger partial charge in [0.2, 0.25) is 0 Å². The summed E-state index contributed by atoms with van der Waals surface area (Å²) < 4.78 is 29.8. The van der Waals surface area contributed by atoms with Gasteiger partial charge in [0.05, 0.1) is 37.5 Å². The summed E-state index contributed by atoms with van der Waals surface area (Å²) in [5.41, 5.74) is 1.28. The molecule has 1 atom stereocenters. The Labute approximate surface area is 218 Å². The van der Waals surface area contributed by atoms with E-state index in [0.29, 0.717) is 40.0 Å². The molecule has 0 aliphatic carbocycles. The Kier molecular flexibility index (Phi) is 7.69. The first-order valence-corrected chi connectivity index (χ1v) is 11.8. The molecule has 37 heavy (non-hydrogen) atoms. The quantitative estimate of drug-likeness (QED) is 0.237. The van der Waals surface area contributed by atoms with Crippen molar-refractivity contribution in [2.24, 2.45) is 0 Å². The Morgan fingerprint density at radius 1 is 0.973 bits per heavy atom. The fourth-order valence-electron chi connectivity index (χ4n) is 4.27. The van der Waals surface area contributed by atoms with Gasteiger partial charge in [-0.2, -0.15) is 0 Å². The first-order valence-electron chi connectivity index (χ1n) is 11.5. The van der Waals surface area contributed by atoms with Gasteiger partial charge in [0.1, 0.15) is 17.3 Å². The Balaban J connectivity index is 1.90. The Morgan fingerprint density at radius 2 is 1.68 bits per heavy atom. The number of hydrogen-bond donors (Lipinski definition) is 1. The summed E-state index contributed by atoms with van der Waals surface area (Å²) >= 11 is 6.13. The molecule has 0 spiro atoms. The molecule has 0 aromatic heterocycles. The highest BCUT2D eigenvalue weighted by Crippen LogP contribution is 2.43. The highest BCUT2D eigenvalue weighted by atomic mass is 35.5. The third kappa shape index (κ3) is 5.11. The number of aliphatic hydroxyl groups excluding tert-OH is 1. The van der Waals surface area contributed by atoms with Gasteiger partial charge in [0, 0.05) is 12.1 Å². The Hall–Kier alpha value is -4.04. The predicted molar refractivity (Wildman–Crippen MR) is 136 cm³/mol. The first-order chi connectivity index (χ1) is 17.8. The number of amides is 1. The van der Waals surface area contributed by atoms with E-state index in [1.807, 2.05) is 6.92 Å². The average molecular weight is 526 g/mol. The van der Waals surface area contributed by atoms with E-state index in [0.717, 1.165) is 0 Å². The molecule has 9 heteroatoms. The van der Waals surface area contributed by atoms with Crippen LogP contribution < -0.4 is 14.2 Å². The monoisotopic (exact) mass is 525 g/mol. The maximum Gasteiger partial charge on any atom is 0.295 e. The van der Waals surface area contributed by atoms with E-state index < -0.39 is 23.5 Å². The van der Waals surface area contributed by atoms with Crippen LogP contribution in [-0.4, -0.2) is 42.5 Å². The molecule has 0 bridgehead atoms. The number of likely N-dealkylation sites (tertiary alicyclic amines) is 1. The number of Topliss-reactive ketones (excluding diaryl/α,β-unsaturated/α-hetero) is 1. The van der Waals surface area contributed by atoms with Crippen molar-refractivity contribution < 1.29 is 33.3 Å². The lowest BCUT2D eigenvalue weighted by atomic mass is 9.94. The maximum atomic E-state index is 13.5. The molecular weight excluding hydrogens is 501 g/mol. The summed E-state index contributed by atoms with van der Waals surface area (Å²) in [6.07, 6.45) is 0. The van der Waals surface area contributed by atoms with Crippen LogP contribution in [0, 0.1) is 5.82 Å². The fraction of sp³-hybridized carbons (Fsp3) is 0.214. The summed E-state index contributed by atoms with van der Waals surface area (Å²) in [5, 5.41) is 11.6. The molecule has 4 rings (SSSR count). The van der Waals surface area contributed by atoms with Crippen molar-refractivity contribution in [1.29, 1.82) is 0 Å². The summed E-state index contributed by atoms with van der Waals surface area (Å²) in [6.45, 7) is 2.19. The van der Waals surface area contributed by atoms with Gasteiger partial charge in [-0.3, -0.25) is 9.59 Å². The van der Waals surface area contributed by atoms with Gasteiger partial charge in [-0.15, -0.1) is 0 Å². The maximum absolute atomic E-state index is 13.5. The number of carbonyl (C=O) groups excluding carboxylic acids is 2. The molecule has 192 valence electrons. The molecule has 1 fully saturated rings. The standard InChI is InChI=1S/C28H25ClFNO6/c1-4-37-23-13-17(8-12-21(23)35-2)25-24(26(32)18-7-11-20(29)22(14-18)36-3)27(33)28(34)31(25)15-16-5-9-19(30)10-6-16/h5-14,25,32H,4,15H2,1-3H3/b26-24-. The van der Waals surface area contributed by atoms with Crippen molar-refractivity contribution in [3.63, 3.8) is 0 Å². The van der Waals surface area contributed by atoms with Crippen LogP contribution in [0.25, 0.3) is 5.76 Å². The van der Waals surface area contributed by atoms with E-state index in [4.69, 9.17) is 25.8 Å². The van der Waals surface area contributed by atoms with Crippen molar-refractivity contribution in [3.8, 4) is 17.2 Å². The fourth-order valence-corrected chi connectivity index (χ4v) is 4.47. The van der Waals surface area contributed by atoms with Crippen molar-refractivity contribution in [1.82, 2.24) is 4.90 Å². The summed E-state index contributed by atoms with van der Waals surface area (Å²) in [6, 6.07) is 14.3. The van der Waals surface area contributed by atoms with Crippen molar-refractivity contribution >= 4 is 29.1 Å². The molecule has 3 aromatic carbocycles. The van der Waals surface area contributed by atoms with Gasteiger partial charge < -0.3 is 24.2 Å². The zero-order chi connectivity index (χ0) is 26.7. The topological polar surface area (TPSA) is 85.3 Å². The molecule has 1 N–H and O–H groups in total. The van der Waals surface area contributed by atoms with E-state index in [2.05, 4.69) is 0 Å². The van der Waals surface area contributed by atoms with E-state index >= 15 is 0 Å². The summed E-state index contributed by atoms with van der Waals surface area (Å²) in [5.74, 6) is -1.26. The zero-order valence-electron chi connectivity index (χ0n) is 20.5. The Morgan fingerprint density at radius 3 is 2.32 bits per heavy atom. The molecule has 1 aliphatic heterocycles. The van der Waals surface area contributed by atoms with Gasteiger partial charge in [0.25, 0.3) is 11.7 Å². The summed E-state index contributed by atoms with van der Waals surface area (Å²) in [4.78, 5) is 27.9. The van der Waals surface area contributed by atoms with E-state index in [9.17, 15) is 19.1 Å². The molecule has 1 amide bonds. The molecule has 3 aromatic rings. The molecule has 0 radical (unpaired) electrons. The van der Waals surface area contributed by atoms with E-state index in [1.165, 1.54) is 61.6 Å². The normalized spacial score (nSPS) is 16.7. The Bertz CT molecular complexity index is 1370. The van der Waals surface area contributed by atoms with Gasteiger partial charge >= 0.3 is 0 Å². The molecule has 1 unspecified atom stereocenters. The lowest BCUT2D eigenvalue weighted by molar-refractivity contribution is -0.140. The lowest BCUT2D eigenvalue weighted by Crippen LogP contribution is -2.29. The SMILES string of the molecule is CCOc1cc(C2/C(=C(/O)c3ccc(Cl)c(OC)c3)C(=O)C(=O)N2Cc2ccc(F)cc2)ccc1OC. The van der Waals surface area contributed by atoms with Crippen LogP contribution in [0.2, 0.25) is 5.02 Å². The largest absolute Gasteiger partial charge is 0.507 e. The van der Waals surface area contributed by atoms with Crippen LogP contribution in [-0.2, 0) is 16.1 Å². The van der Waals surface area contributed by atoms with Gasteiger partial charge in [-0.1, -0.05) is 29.8 Å². The molecule has 1 saturated heterocycles. The second-order valence-corrected chi connectivity index (χ2v) is 8.65. The van der Waals surface area contributed by atoms with Crippen LogP contribution >= 0.6 is 11.6 Å². The highest BCUT2D eigenvalue weighted by Gasteiger charge is 2.46. The minimum Gasteiger partial charge on any atom is -0.507 e. The zero-order valence-corrected chi connectivity index (χ0v) is 21.2. The van der Waals surface area contributed by atoms with Crippen LogP contribution in [0.15, 0.2) is 66.2 Å². The number of halogens is 2.